The zero-order valence-corrected chi connectivity index (χ0v) is 21.2. The SMILES string of the molecule is CC(C)c1cccc(C(C)C)c1-n1c(-c2[c-]cc3scnc3c2)nc2cccc[n+]21.[Ir]. The molecule has 0 spiro atoms. The number of benzene rings is 2. The Hall–Kier alpha value is -2.40. The zero-order chi connectivity index (χ0) is 20.8. The Morgan fingerprint density at radius 2 is 1.74 bits per heavy atom. The minimum absolute atomic E-state index is 0. The van der Waals surface area contributed by atoms with E-state index in [1.54, 1.807) is 11.3 Å². The Morgan fingerprint density at radius 1 is 1.00 bits per heavy atom. The van der Waals surface area contributed by atoms with E-state index in [0.717, 1.165) is 27.3 Å². The fourth-order valence-electron chi connectivity index (χ4n) is 4.02. The molecule has 159 valence electrons. The maximum Gasteiger partial charge on any atom is 0.338 e. The zero-order valence-electron chi connectivity index (χ0n) is 18.0. The van der Waals surface area contributed by atoms with Crippen LogP contribution < -0.4 is 4.52 Å². The summed E-state index contributed by atoms with van der Waals surface area (Å²) in [5, 5.41) is 0. The van der Waals surface area contributed by atoms with E-state index in [9.17, 15) is 0 Å². The summed E-state index contributed by atoms with van der Waals surface area (Å²) in [6, 6.07) is 20.3. The number of para-hydroxylation sites is 1. The van der Waals surface area contributed by atoms with Crippen LogP contribution in [0.25, 0.3) is 32.9 Å². The molecule has 0 bridgehead atoms. The number of nitrogens with zero attached hydrogens (tertiary/aromatic N) is 4. The summed E-state index contributed by atoms with van der Waals surface area (Å²) >= 11 is 1.63. The van der Waals surface area contributed by atoms with E-state index in [0.29, 0.717) is 11.8 Å². The summed E-state index contributed by atoms with van der Waals surface area (Å²) in [5.74, 6) is 1.66. The summed E-state index contributed by atoms with van der Waals surface area (Å²) < 4.78 is 5.53. The first-order valence-electron chi connectivity index (χ1n) is 10.3. The van der Waals surface area contributed by atoms with Crippen LogP contribution in [0.15, 0.2) is 60.2 Å². The molecule has 0 saturated carbocycles. The van der Waals surface area contributed by atoms with Crippen LogP contribution >= 0.6 is 11.3 Å². The van der Waals surface area contributed by atoms with Crippen LogP contribution in [0.2, 0.25) is 0 Å². The summed E-state index contributed by atoms with van der Waals surface area (Å²) in [6.45, 7) is 9.00. The van der Waals surface area contributed by atoms with Gasteiger partial charge in [0.15, 0.2) is 0 Å². The van der Waals surface area contributed by atoms with Gasteiger partial charge in [0.05, 0.1) is 11.2 Å². The van der Waals surface area contributed by atoms with Gasteiger partial charge in [-0.05, 0) is 39.2 Å². The molecule has 0 aliphatic carbocycles. The molecule has 2 aromatic carbocycles. The average Bonchev–Trinajstić information content (AvgIpc) is 3.36. The average molecular weight is 605 g/mol. The Morgan fingerprint density at radius 3 is 2.45 bits per heavy atom. The minimum Gasteiger partial charge on any atom is -0.265 e. The molecule has 0 amide bonds. The van der Waals surface area contributed by atoms with Crippen LogP contribution in [0, 0.1) is 6.07 Å². The number of thiazole rings is 1. The smallest absolute Gasteiger partial charge is 0.265 e. The van der Waals surface area contributed by atoms with Crippen molar-refractivity contribution in [1.29, 1.82) is 0 Å². The fraction of sp³-hybridized carbons (Fsp3) is 0.240. The first-order chi connectivity index (χ1) is 14.5. The van der Waals surface area contributed by atoms with Gasteiger partial charge in [0.1, 0.15) is 6.20 Å². The third kappa shape index (κ3) is 3.73. The molecule has 5 aromatic rings. The van der Waals surface area contributed by atoms with Gasteiger partial charge in [-0.3, -0.25) is 4.98 Å². The van der Waals surface area contributed by atoms with Crippen molar-refractivity contribution in [1.82, 2.24) is 14.6 Å². The van der Waals surface area contributed by atoms with Crippen molar-refractivity contribution in [2.24, 2.45) is 0 Å². The number of aromatic nitrogens is 4. The van der Waals surface area contributed by atoms with Crippen molar-refractivity contribution in [2.45, 2.75) is 39.5 Å². The van der Waals surface area contributed by atoms with Crippen LogP contribution in [0.3, 0.4) is 0 Å². The Kier molecular flexibility index (Phi) is 6.07. The van der Waals surface area contributed by atoms with Crippen molar-refractivity contribution < 1.29 is 24.6 Å². The van der Waals surface area contributed by atoms with E-state index in [2.05, 4.69) is 90.5 Å². The monoisotopic (exact) mass is 605 g/mol. The molecule has 0 atom stereocenters. The van der Waals surface area contributed by atoms with Crippen LogP contribution in [-0.2, 0) is 20.1 Å². The van der Waals surface area contributed by atoms with Gasteiger partial charge in [0.25, 0.3) is 0 Å². The molecular weight excluding hydrogens is 581 g/mol. The van der Waals surface area contributed by atoms with Crippen molar-refractivity contribution in [3.05, 3.63) is 77.4 Å². The number of rotatable bonds is 4. The van der Waals surface area contributed by atoms with Crippen molar-refractivity contribution >= 4 is 27.2 Å². The molecule has 6 heteroatoms. The number of fused-ring (bicyclic) bond motifs is 2. The molecule has 0 fully saturated rings. The molecule has 0 unspecified atom stereocenters. The first kappa shape index (κ1) is 21.8. The van der Waals surface area contributed by atoms with Crippen molar-refractivity contribution in [3.8, 4) is 17.1 Å². The summed E-state index contributed by atoms with van der Waals surface area (Å²) in [5.41, 5.74) is 8.56. The quantitative estimate of drug-likeness (QED) is 0.188. The van der Waals surface area contributed by atoms with Crippen molar-refractivity contribution in [2.75, 3.05) is 0 Å². The molecule has 0 N–H and O–H groups in total. The molecular formula is C25H24IrN4S. The molecule has 1 radical (unpaired) electrons. The Bertz CT molecular complexity index is 1340. The number of hydrogen-bond acceptors (Lipinski definition) is 3. The van der Waals surface area contributed by atoms with Gasteiger partial charge >= 0.3 is 5.65 Å². The minimum atomic E-state index is 0. The van der Waals surface area contributed by atoms with E-state index < -0.39 is 0 Å². The van der Waals surface area contributed by atoms with Gasteiger partial charge in [0.2, 0.25) is 5.82 Å². The summed E-state index contributed by atoms with van der Waals surface area (Å²) in [7, 11) is 0. The molecule has 31 heavy (non-hydrogen) atoms. The molecule has 0 aliphatic heterocycles. The van der Waals surface area contributed by atoms with Crippen LogP contribution in [0.5, 0.6) is 0 Å². The third-order valence-corrected chi connectivity index (χ3v) is 6.31. The topological polar surface area (TPSA) is 34.8 Å². The second-order valence-corrected chi connectivity index (χ2v) is 9.08. The van der Waals surface area contributed by atoms with Gasteiger partial charge in [-0.15, -0.1) is 22.7 Å². The Balaban J connectivity index is 0.00000231. The maximum absolute atomic E-state index is 5.02. The van der Waals surface area contributed by atoms with E-state index in [1.807, 2.05) is 17.6 Å². The number of pyridine rings is 1. The fourth-order valence-corrected chi connectivity index (χ4v) is 4.66. The van der Waals surface area contributed by atoms with E-state index in [-0.39, 0.29) is 20.1 Å². The molecule has 3 heterocycles. The molecule has 0 aliphatic rings. The molecule has 4 nitrogen and oxygen atoms in total. The van der Waals surface area contributed by atoms with E-state index in [4.69, 9.17) is 4.98 Å². The maximum atomic E-state index is 5.02. The second-order valence-electron chi connectivity index (χ2n) is 8.19. The van der Waals surface area contributed by atoms with Crippen LogP contribution in [0.1, 0.15) is 50.7 Å². The standard InChI is InChI=1S/C25H24N4S.Ir/c1-16(2)19-8-7-9-20(17(3)4)24(19)29-25(27-23-10-5-6-13-28(23)29)18-11-12-22-21(14-18)26-15-30-22;/h5-10,12-17H,1-4H3;. The summed E-state index contributed by atoms with van der Waals surface area (Å²) in [6.07, 6.45) is 2.08. The first-order valence-corrected chi connectivity index (χ1v) is 11.2. The second kappa shape index (κ2) is 8.62. The Labute approximate surface area is 199 Å². The van der Waals surface area contributed by atoms with Gasteiger partial charge in [-0.2, -0.15) is 16.0 Å². The molecule has 5 rings (SSSR count). The predicted octanol–water partition coefficient (Wildman–Crippen LogP) is 5.93. The molecule has 0 saturated heterocycles. The van der Waals surface area contributed by atoms with Crippen molar-refractivity contribution in [3.63, 3.8) is 0 Å². The van der Waals surface area contributed by atoms with Gasteiger partial charge in [-0.1, -0.05) is 62.5 Å². The summed E-state index contributed by atoms with van der Waals surface area (Å²) in [4.78, 5) is 9.53. The van der Waals surface area contributed by atoms with Crippen LogP contribution in [0.4, 0.5) is 0 Å². The van der Waals surface area contributed by atoms with Gasteiger partial charge < -0.3 is 0 Å². The van der Waals surface area contributed by atoms with Gasteiger partial charge in [0, 0.05) is 26.2 Å². The normalized spacial score (nSPS) is 11.5. The predicted molar refractivity (Wildman–Crippen MR) is 122 cm³/mol. The number of hydrogen-bond donors (Lipinski definition) is 0. The largest absolute Gasteiger partial charge is 0.338 e. The third-order valence-electron chi connectivity index (χ3n) is 5.51. The van der Waals surface area contributed by atoms with E-state index in [1.165, 1.54) is 16.8 Å². The van der Waals surface area contributed by atoms with E-state index >= 15 is 0 Å². The van der Waals surface area contributed by atoms with Crippen LogP contribution in [-0.4, -0.2) is 14.6 Å². The van der Waals surface area contributed by atoms with Gasteiger partial charge in [-0.25, -0.2) is 0 Å². The molecule has 3 aromatic heterocycles.